The number of rotatable bonds is 4. The number of carbonyl (C=O) groups is 4. The first-order valence-corrected chi connectivity index (χ1v) is 10.3. The molecule has 1 rings (SSSR count). The molecule has 0 aliphatic carbocycles. The normalized spacial score (nSPS) is 26.7. The summed E-state index contributed by atoms with van der Waals surface area (Å²) in [6.45, 7) is 14.3. The number of aliphatic hydroxyl groups is 1. The van der Waals surface area contributed by atoms with E-state index < -0.39 is 70.8 Å². The van der Waals surface area contributed by atoms with Crippen molar-refractivity contribution in [1.29, 1.82) is 0 Å². The summed E-state index contributed by atoms with van der Waals surface area (Å²) < 4.78 is 26.5. The predicted molar refractivity (Wildman–Crippen MR) is 111 cm³/mol. The minimum atomic E-state index is -1.85. The lowest BCUT2D eigenvalue weighted by molar-refractivity contribution is -0.294. The van der Waals surface area contributed by atoms with Gasteiger partial charge in [0.25, 0.3) is 0 Å². The summed E-state index contributed by atoms with van der Waals surface area (Å²) in [7, 11) is 1.09. The van der Waals surface area contributed by atoms with Gasteiger partial charge in [-0.05, 0) is 62.3 Å². The zero-order chi connectivity index (χ0) is 25.2. The molecule has 184 valence electrons. The maximum Gasteiger partial charge on any atom is 0.339 e. The first-order chi connectivity index (χ1) is 14.3. The number of methoxy groups -OCH3 is 1. The molecule has 5 atom stereocenters. The van der Waals surface area contributed by atoms with Gasteiger partial charge in [0.05, 0.1) is 23.4 Å². The maximum atomic E-state index is 12.7. The van der Waals surface area contributed by atoms with Crippen LogP contribution in [-0.2, 0) is 42.9 Å². The Labute approximate surface area is 188 Å². The Balaban J connectivity index is 3.51. The monoisotopic (exact) mass is 460 g/mol. The van der Waals surface area contributed by atoms with Crippen LogP contribution < -0.4 is 0 Å². The second-order valence-electron chi connectivity index (χ2n) is 10.8. The third kappa shape index (κ3) is 6.90. The van der Waals surface area contributed by atoms with Crippen molar-refractivity contribution in [3.05, 3.63) is 0 Å². The summed E-state index contributed by atoms with van der Waals surface area (Å²) in [4.78, 5) is 50.3. The van der Waals surface area contributed by atoms with Gasteiger partial charge in [-0.15, -0.1) is 0 Å². The molecular weight excluding hydrogens is 424 g/mol. The molecule has 1 N–H and O–H groups in total. The van der Waals surface area contributed by atoms with Gasteiger partial charge >= 0.3 is 23.9 Å². The van der Waals surface area contributed by atoms with E-state index in [1.54, 1.807) is 62.3 Å². The summed E-state index contributed by atoms with van der Waals surface area (Å²) in [5.41, 5.74) is -2.93. The summed E-state index contributed by atoms with van der Waals surface area (Å²) in [6, 6.07) is 0. The van der Waals surface area contributed by atoms with Crippen molar-refractivity contribution < 1.29 is 48.0 Å². The van der Waals surface area contributed by atoms with Crippen molar-refractivity contribution in [2.24, 2.45) is 16.2 Å². The molecular formula is C22H36O10. The highest BCUT2D eigenvalue weighted by molar-refractivity contribution is 5.80. The van der Waals surface area contributed by atoms with Crippen molar-refractivity contribution in [2.75, 3.05) is 7.11 Å². The van der Waals surface area contributed by atoms with Crippen LogP contribution in [0, 0.1) is 16.2 Å². The Bertz CT molecular complexity index is 722. The van der Waals surface area contributed by atoms with E-state index in [9.17, 15) is 24.3 Å². The zero-order valence-corrected chi connectivity index (χ0v) is 20.5. The standard InChI is InChI=1S/C22H36O10/c1-20(2,3)17(25)30-11-12(31-18(26)21(4,5)6)14(32-19(27)22(7,8)9)16(24)29-13(11)15(23)28-10/h11-14,16,24H,1-10H3/t11-,12-,13-,14+,16+/m0/s1. The molecule has 10 nitrogen and oxygen atoms in total. The Kier molecular flexibility index (Phi) is 8.47. The number of ether oxygens (including phenoxy) is 5. The number of esters is 4. The lowest BCUT2D eigenvalue weighted by Gasteiger charge is -2.43. The van der Waals surface area contributed by atoms with Crippen molar-refractivity contribution in [3.63, 3.8) is 0 Å². The van der Waals surface area contributed by atoms with E-state index in [0.717, 1.165) is 7.11 Å². The van der Waals surface area contributed by atoms with Gasteiger partial charge in [0.15, 0.2) is 30.7 Å². The van der Waals surface area contributed by atoms with E-state index in [2.05, 4.69) is 0 Å². The average molecular weight is 461 g/mol. The van der Waals surface area contributed by atoms with Crippen LogP contribution >= 0.6 is 0 Å². The van der Waals surface area contributed by atoms with Crippen LogP contribution in [0.25, 0.3) is 0 Å². The second-order valence-corrected chi connectivity index (χ2v) is 10.8. The Hall–Kier alpha value is -2.20. The summed E-state index contributed by atoms with van der Waals surface area (Å²) in [6.07, 6.45) is -8.11. The van der Waals surface area contributed by atoms with Crippen LogP contribution in [0.2, 0.25) is 0 Å². The molecule has 1 aliphatic heterocycles. The smallest absolute Gasteiger partial charge is 0.339 e. The lowest BCUT2D eigenvalue weighted by Crippen LogP contribution is -2.64. The average Bonchev–Trinajstić information content (AvgIpc) is 2.62. The Morgan fingerprint density at radius 2 is 1.00 bits per heavy atom. The molecule has 0 aromatic heterocycles. The van der Waals surface area contributed by atoms with Gasteiger partial charge in [-0.1, -0.05) is 0 Å². The highest BCUT2D eigenvalue weighted by Crippen LogP contribution is 2.33. The predicted octanol–water partition coefficient (Wildman–Crippen LogP) is 1.75. The van der Waals surface area contributed by atoms with Gasteiger partial charge in [0.2, 0.25) is 0 Å². The highest BCUT2D eigenvalue weighted by atomic mass is 16.7. The van der Waals surface area contributed by atoms with E-state index in [4.69, 9.17) is 23.7 Å². The van der Waals surface area contributed by atoms with Gasteiger partial charge in [-0.3, -0.25) is 14.4 Å². The fourth-order valence-electron chi connectivity index (χ4n) is 2.42. The Morgan fingerprint density at radius 3 is 1.34 bits per heavy atom. The molecule has 10 heteroatoms. The number of aliphatic hydroxyl groups excluding tert-OH is 1. The molecule has 0 aromatic carbocycles. The minimum Gasteiger partial charge on any atom is -0.467 e. The number of carbonyl (C=O) groups excluding carboxylic acids is 4. The van der Waals surface area contributed by atoms with Crippen molar-refractivity contribution in [2.45, 2.75) is 93.0 Å². The van der Waals surface area contributed by atoms with Crippen molar-refractivity contribution in [1.82, 2.24) is 0 Å². The van der Waals surface area contributed by atoms with Crippen LogP contribution in [0.1, 0.15) is 62.3 Å². The van der Waals surface area contributed by atoms with E-state index >= 15 is 0 Å². The molecule has 1 saturated heterocycles. The van der Waals surface area contributed by atoms with Gasteiger partial charge in [-0.25, -0.2) is 4.79 Å². The molecule has 0 bridgehead atoms. The van der Waals surface area contributed by atoms with Crippen molar-refractivity contribution in [3.8, 4) is 0 Å². The minimum absolute atomic E-state index is 0.723. The van der Waals surface area contributed by atoms with Gasteiger partial charge in [0, 0.05) is 0 Å². The third-order valence-corrected chi connectivity index (χ3v) is 4.51. The summed E-state index contributed by atoms with van der Waals surface area (Å²) in [5.74, 6) is -3.14. The zero-order valence-electron chi connectivity index (χ0n) is 20.5. The van der Waals surface area contributed by atoms with Crippen LogP contribution in [0.15, 0.2) is 0 Å². The quantitative estimate of drug-likeness (QED) is 0.488. The summed E-state index contributed by atoms with van der Waals surface area (Å²) in [5, 5.41) is 10.6. The summed E-state index contributed by atoms with van der Waals surface area (Å²) >= 11 is 0. The van der Waals surface area contributed by atoms with Crippen LogP contribution in [0.4, 0.5) is 0 Å². The third-order valence-electron chi connectivity index (χ3n) is 4.51. The maximum absolute atomic E-state index is 12.7. The van der Waals surface area contributed by atoms with Gasteiger partial charge in [-0.2, -0.15) is 0 Å². The van der Waals surface area contributed by atoms with Gasteiger partial charge in [0.1, 0.15) is 0 Å². The highest BCUT2D eigenvalue weighted by Gasteiger charge is 2.56. The largest absolute Gasteiger partial charge is 0.467 e. The topological polar surface area (TPSA) is 135 Å². The first kappa shape index (κ1) is 27.8. The van der Waals surface area contributed by atoms with Crippen LogP contribution in [0.5, 0.6) is 0 Å². The first-order valence-electron chi connectivity index (χ1n) is 10.3. The fourth-order valence-corrected chi connectivity index (χ4v) is 2.42. The van der Waals surface area contributed by atoms with Crippen LogP contribution in [0.3, 0.4) is 0 Å². The Morgan fingerprint density at radius 1 is 0.656 bits per heavy atom. The molecule has 1 aliphatic rings. The molecule has 0 spiro atoms. The van der Waals surface area contributed by atoms with Gasteiger partial charge < -0.3 is 28.8 Å². The van der Waals surface area contributed by atoms with Crippen LogP contribution in [-0.4, -0.2) is 66.8 Å². The van der Waals surface area contributed by atoms with E-state index in [0.29, 0.717) is 0 Å². The molecule has 1 heterocycles. The van der Waals surface area contributed by atoms with E-state index in [1.807, 2.05) is 0 Å². The number of hydrogen-bond donors (Lipinski definition) is 1. The fraction of sp³-hybridized carbons (Fsp3) is 0.818. The molecule has 1 fully saturated rings. The molecule has 0 unspecified atom stereocenters. The molecule has 0 saturated carbocycles. The molecule has 0 radical (unpaired) electrons. The molecule has 32 heavy (non-hydrogen) atoms. The van der Waals surface area contributed by atoms with E-state index in [1.165, 1.54) is 0 Å². The SMILES string of the molecule is COC(=O)[C@H]1O[C@@H](O)[C@H](OC(=O)C(C)(C)C)[C@@H](OC(=O)C(C)(C)C)[C@@H]1OC(=O)C(C)(C)C. The second kappa shape index (κ2) is 9.74. The molecule has 0 amide bonds. The van der Waals surface area contributed by atoms with Crippen molar-refractivity contribution >= 4 is 23.9 Å². The lowest BCUT2D eigenvalue weighted by atomic mass is 9.93. The molecule has 0 aromatic rings. The van der Waals surface area contributed by atoms with E-state index in [-0.39, 0.29) is 0 Å². The number of hydrogen-bond acceptors (Lipinski definition) is 10.